The molecule has 0 spiro atoms. The van der Waals surface area contributed by atoms with Crippen LogP contribution in [0.1, 0.15) is 12.0 Å². The van der Waals surface area contributed by atoms with E-state index in [0.717, 1.165) is 18.7 Å². The first-order chi connectivity index (χ1) is 10.8. The fourth-order valence-electron chi connectivity index (χ4n) is 2.58. The van der Waals surface area contributed by atoms with E-state index in [1.54, 1.807) is 12.1 Å². The van der Waals surface area contributed by atoms with Crippen molar-refractivity contribution in [2.24, 2.45) is 0 Å². The Morgan fingerprint density at radius 3 is 2.54 bits per heavy atom. The first-order valence-corrected chi connectivity index (χ1v) is 9.74. The van der Waals surface area contributed by atoms with Crippen molar-refractivity contribution in [2.75, 3.05) is 40.3 Å². The fraction of sp³-hybridized carbons (Fsp3) is 0.562. The Morgan fingerprint density at radius 2 is 1.96 bits per heavy atom. The molecule has 136 valence electrons. The number of nitrogens with one attached hydrogen (secondary N) is 1. The monoisotopic (exact) mass is 391 g/mol. The van der Waals surface area contributed by atoms with Gasteiger partial charge in [-0.05, 0) is 51.8 Å². The molecule has 1 saturated heterocycles. The highest BCUT2D eigenvalue weighted by Crippen LogP contribution is 2.24. The summed E-state index contributed by atoms with van der Waals surface area (Å²) in [5, 5.41) is 3.45. The van der Waals surface area contributed by atoms with E-state index in [9.17, 15) is 8.42 Å². The van der Waals surface area contributed by atoms with Gasteiger partial charge < -0.3 is 15.1 Å². The van der Waals surface area contributed by atoms with E-state index >= 15 is 0 Å². The van der Waals surface area contributed by atoms with E-state index in [0.29, 0.717) is 29.5 Å². The van der Waals surface area contributed by atoms with Crippen molar-refractivity contribution >= 4 is 39.6 Å². The molecule has 1 aromatic carbocycles. The fourth-order valence-corrected chi connectivity index (χ4v) is 4.54. The molecule has 1 heterocycles. The summed E-state index contributed by atoms with van der Waals surface area (Å²) in [6, 6.07) is 7.07. The summed E-state index contributed by atoms with van der Waals surface area (Å²) in [6.07, 6.45) is 0.617. The standard InChI is InChI=1S/C16H25N3O2S2.ClH/c1-13-4-6-14(7-5-13)23(20,21)15-8-10-19(12-15)16(22)17-9-11-18(2)3;/h4-7,15H,8-12H2,1-3H3,(H,17,22);1H. The van der Waals surface area contributed by atoms with Crippen molar-refractivity contribution in [3.05, 3.63) is 29.8 Å². The Balaban J connectivity index is 0.00000288. The van der Waals surface area contributed by atoms with Crippen LogP contribution in [0, 0.1) is 6.92 Å². The molecule has 0 aromatic heterocycles. The van der Waals surface area contributed by atoms with Crippen LogP contribution in [0.15, 0.2) is 29.2 Å². The lowest BCUT2D eigenvalue weighted by Gasteiger charge is -2.21. The zero-order valence-corrected chi connectivity index (χ0v) is 16.8. The molecule has 0 radical (unpaired) electrons. The van der Waals surface area contributed by atoms with Crippen LogP contribution in [-0.2, 0) is 9.84 Å². The Kier molecular flexibility index (Phi) is 7.92. The lowest BCUT2D eigenvalue weighted by molar-refractivity contribution is 0.407. The van der Waals surface area contributed by atoms with Crippen molar-refractivity contribution in [3.8, 4) is 0 Å². The van der Waals surface area contributed by atoms with Gasteiger partial charge in [-0.3, -0.25) is 0 Å². The third kappa shape index (κ3) is 5.31. The van der Waals surface area contributed by atoms with Crippen LogP contribution in [0.2, 0.25) is 0 Å². The van der Waals surface area contributed by atoms with E-state index in [1.807, 2.05) is 38.1 Å². The van der Waals surface area contributed by atoms with Gasteiger partial charge in [-0.2, -0.15) is 0 Å². The average molecular weight is 392 g/mol. The number of benzene rings is 1. The van der Waals surface area contributed by atoms with Gasteiger partial charge >= 0.3 is 0 Å². The van der Waals surface area contributed by atoms with Gasteiger partial charge in [0, 0.05) is 26.2 Å². The molecule has 5 nitrogen and oxygen atoms in total. The molecular weight excluding hydrogens is 366 g/mol. The van der Waals surface area contributed by atoms with Crippen molar-refractivity contribution in [3.63, 3.8) is 0 Å². The third-order valence-corrected chi connectivity index (χ3v) is 6.65. The largest absolute Gasteiger partial charge is 0.361 e. The van der Waals surface area contributed by atoms with E-state index in [1.165, 1.54) is 0 Å². The van der Waals surface area contributed by atoms with E-state index in [-0.39, 0.29) is 17.7 Å². The summed E-state index contributed by atoms with van der Waals surface area (Å²) in [5.41, 5.74) is 1.06. The zero-order valence-electron chi connectivity index (χ0n) is 14.4. The maximum absolute atomic E-state index is 12.7. The quantitative estimate of drug-likeness (QED) is 0.771. The molecule has 1 aromatic rings. The summed E-state index contributed by atoms with van der Waals surface area (Å²) in [7, 11) is 0.716. The molecule has 0 saturated carbocycles. The second kappa shape index (κ2) is 8.99. The molecule has 1 fully saturated rings. The number of likely N-dealkylation sites (N-methyl/N-ethyl adjacent to an activating group) is 1. The molecule has 0 amide bonds. The van der Waals surface area contributed by atoms with Gasteiger partial charge in [0.05, 0.1) is 10.1 Å². The van der Waals surface area contributed by atoms with Gasteiger partial charge in [0.2, 0.25) is 0 Å². The van der Waals surface area contributed by atoms with Crippen LogP contribution >= 0.6 is 24.6 Å². The molecule has 1 atom stereocenters. The number of rotatable bonds is 5. The SMILES string of the molecule is Cc1ccc(S(=O)(=O)C2CCN(C(=S)NCCN(C)C)C2)cc1.Cl. The second-order valence-electron chi connectivity index (χ2n) is 6.25. The highest BCUT2D eigenvalue weighted by Gasteiger charge is 2.35. The predicted molar refractivity (Wildman–Crippen MR) is 105 cm³/mol. The molecular formula is C16H26ClN3O2S2. The Labute approximate surface area is 156 Å². The molecule has 0 aliphatic carbocycles. The number of sulfone groups is 1. The first kappa shape index (κ1) is 21.2. The summed E-state index contributed by atoms with van der Waals surface area (Å²) >= 11 is 5.38. The topological polar surface area (TPSA) is 52.7 Å². The number of halogens is 1. The number of hydrogen-bond donors (Lipinski definition) is 1. The van der Waals surface area contributed by atoms with Gasteiger partial charge in [-0.25, -0.2) is 8.42 Å². The number of nitrogens with zero attached hydrogens (tertiary/aromatic N) is 2. The van der Waals surface area contributed by atoms with E-state index < -0.39 is 9.84 Å². The van der Waals surface area contributed by atoms with Crippen LogP contribution in [-0.4, -0.2) is 68.9 Å². The molecule has 2 rings (SSSR count). The third-order valence-electron chi connectivity index (χ3n) is 4.06. The van der Waals surface area contributed by atoms with Crippen molar-refractivity contribution < 1.29 is 8.42 Å². The summed E-state index contributed by atoms with van der Waals surface area (Å²) in [5.74, 6) is 0. The van der Waals surface area contributed by atoms with Gasteiger partial charge in [0.1, 0.15) is 0 Å². The molecule has 1 aliphatic heterocycles. The summed E-state index contributed by atoms with van der Waals surface area (Å²) < 4.78 is 25.4. The number of aryl methyl sites for hydroxylation is 1. The van der Waals surface area contributed by atoms with Gasteiger partial charge in [0.15, 0.2) is 14.9 Å². The maximum Gasteiger partial charge on any atom is 0.183 e. The van der Waals surface area contributed by atoms with Gasteiger partial charge in [-0.1, -0.05) is 17.7 Å². The summed E-state index contributed by atoms with van der Waals surface area (Å²) in [4.78, 5) is 4.44. The predicted octanol–water partition coefficient (Wildman–Crippen LogP) is 1.70. The van der Waals surface area contributed by atoms with Crippen molar-refractivity contribution in [1.29, 1.82) is 0 Å². The van der Waals surface area contributed by atoms with Crippen molar-refractivity contribution in [1.82, 2.24) is 15.1 Å². The molecule has 1 aliphatic rings. The number of hydrogen-bond acceptors (Lipinski definition) is 4. The van der Waals surface area contributed by atoms with Gasteiger partial charge in [-0.15, -0.1) is 12.4 Å². The minimum absolute atomic E-state index is 0. The van der Waals surface area contributed by atoms with Crippen LogP contribution in [0.5, 0.6) is 0 Å². The summed E-state index contributed by atoms with van der Waals surface area (Å²) in [6.45, 7) is 4.75. The number of likely N-dealkylation sites (tertiary alicyclic amines) is 1. The normalized spacial score (nSPS) is 17.7. The van der Waals surface area contributed by atoms with E-state index in [2.05, 4.69) is 10.2 Å². The molecule has 0 bridgehead atoms. The smallest absolute Gasteiger partial charge is 0.183 e. The van der Waals surface area contributed by atoms with Crippen LogP contribution in [0.4, 0.5) is 0 Å². The Bertz CT molecular complexity index is 648. The van der Waals surface area contributed by atoms with Crippen LogP contribution in [0.25, 0.3) is 0 Å². The molecule has 24 heavy (non-hydrogen) atoms. The minimum atomic E-state index is -3.29. The zero-order chi connectivity index (χ0) is 17.0. The molecule has 1 unspecified atom stereocenters. The molecule has 8 heteroatoms. The van der Waals surface area contributed by atoms with Crippen molar-refractivity contribution in [2.45, 2.75) is 23.5 Å². The van der Waals surface area contributed by atoms with E-state index in [4.69, 9.17) is 12.2 Å². The molecule has 1 N–H and O–H groups in total. The highest BCUT2D eigenvalue weighted by molar-refractivity contribution is 7.92. The highest BCUT2D eigenvalue weighted by atomic mass is 35.5. The lowest BCUT2D eigenvalue weighted by atomic mass is 10.2. The Hall–Kier alpha value is -0.890. The number of thiocarbonyl (C=S) groups is 1. The second-order valence-corrected chi connectivity index (χ2v) is 8.86. The lowest BCUT2D eigenvalue weighted by Crippen LogP contribution is -2.41. The first-order valence-electron chi connectivity index (χ1n) is 7.79. The van der Waals surface area contributed by atoms with Crippen LogP contribution in [0.3, 0.4) is 0 Å². The maximum atomic E-state index is 12.7. The van der Waals surface area contributed by atoms with Crippen LogP contribution < -0.4 is 5.32 Å². The average Bonchev–Trinajstić information content (AvgIpc) is 2.98. The minimum Gasteiger partial charge on any atom is -0.361 e. The van der Waals surface area contributed by atoms with Gasteiger partial charge in [0.25, 0.3) is 0 Å². The Morgan fingerprint density at radius 1 is 1.33 bits per heavy atom.